The van der Waals surface area contributed by atoms with Crippen molar-refractivity contribution < 1.29 is 14.0 Å². The molecular weight excluding hydrogens is 246 g/mol. The van der Waals surface area contributed by atoms with E-state index in [0.29, 0.717) is 31.3 Å². The minimum Gasteiger partial charge on any atom is -0.383 e. The fraction of sp³-hybridized carbons (Fsp3) is 0.846. The zero-order valence-electron chi connectivity index (χ0n) is 12.3. The van der Waals surface area contributed by atoms with Crippen LogP contribution in [-0.4, -0.2) is 36.5 Å². The topological polar surface area (TPSA) is 83.4 Å². The predicted molar refractivity (Wildman–Crippen MR) is 71.7 cm³/mol. The zero-order valence-corrected chi connectivity index (χ0v) is 12.3. The molecule has 1 unspecified atom stereocenters. The van der Waals surface area contributed by atoms with Crippen molar-refractivity contribution in [3.05, 3.63) is 11.7 Å². The summed E-state index contributed by atoms with van der Waals surface area (Å²) < 4.78 is 16.1. The van der Waals surface area contributed by atoms with Crippen LogP contribution in [0.3, 0.4) is 0 Å². The summed E-state index contributed by atoms with van der Waals surface area (Å²) in [5.41, 5.74) is 5.42. The van der Waals surface area contributed by atoms with Crippen molar-refractivity contribution in [2.45, 2.75) is 51.7 Å². The Hall–Kier alpha value is -0.980. The molecule has 0 bridgehead atoms. The maximum absolute atomic E-state index is 5.87. The maximum atomic E-state index is 5.87. The van der Waals surface area contributed by atoms with Gasteiger partial charge in [0.2, 0.25) is 11.7 Å². The average Bonchev–Trinajstić information content (AvgIpc) is 2.85. The second-order valence-corrected chi connectivity index (χ2v) is 4.57. The zero-order chi connectivity index (χ0) is 14.3. The Morgan fingerprint density at radius 2 is 2.00 bits per heavy atom. The van der Waals surface area contributed by atoms with Crippen molar-refractivity contribution in [1.82, 2.24) is 10.1 Å². The fourth-order valence-electron chi connectivity index (χ4n) is 2.13. The van der Waals surface area contributed by atoms with Gasteiger partial charge in [0, 0.05) is 26.2 Å². The number of aromatic nitrogens is 2. The Bertz CT molecular complexity index is 364. The van der Waals surface area contributed by atoms with E-state index in [9.17, 15) is 0 Å². The molecule has 1 rings (SSSR count). The van der Waals surface area contributed by atoms with Crippen molar-refractivity contribution in [2.75, 3.05) is 20.3 Å². The number of methoxy groups -OCH3 is 1. The van der Waals surface area contributed by atoms with Crippen molar-refractivity contribution in [3.8, 4) is 0 Å². The molecule has 6 nitrogen and oxygen atoms in total. The molecule has 1 atom stereocenters. The fourth-order valence-corrected chi connectivity index (χ4v) is 2.13. The molecule has 1 aromatic rings. The molecule has 0 radical (unpaired) electrons. The van der Waals surface area contributed by atoms with E-state index in [0.717, 1.165) is 12.8 Å². The number of ether oxygens (including phenoxy) is 2. The summed E-state index contributed by atoms with van der Waals surface area (Å²) >= 11 is 0. The molecule has 1 aromatic heterocycles. The highest BCUT2D eigenvalue weighted by Crippen LogP contribution is 2.30. The van der Waals surface area contributed by atoms with Gasteiger partial charge in [-0.15, -0.1) is 0 Å². The molecule has 0 amide bonds. The van der Waals surface area contributed by atoms with Crippen LogP contribution in [0.1, 0.15) is 45.3 Å². The van der Waals surface area contributed by atoms with Gasteiger partial charge in [-0.2, -0.15) is 4.98 Å². The van der Waals surface area contributed by atoms with E-state index in [1.165, 1.54) is 0 Å². The van der Waals surface area contributed by atoms with Gasteiger partial charge in [-0.3, -0.25) is 0 Å². The van der Waals surface area contributed by atoms with Crippen LogP contribution in [-0.2, 0) is 21.5 Å². The summed E-state index contributed by atoms with van der Waals surface area (Å²) in [7, 11) is 1.62. The lowest BCUT2D eigenvalue weighted by Gasteiger charge is -2.27. The summed E-state index contributed by atoms with van der Waals surface area (Å²) in [6.07, 6.45) is 2.12. The van der Waals surface area contributed by atoms with Crippen LogP contribution in [0.4, 0.5) is 0 Å². The lowest BCUT2D eigenvalue weighted by molar-refractivity contribution is -0.0583. The first-order valence-electron chi connectivity index (χ1n) is 6.83. The molecule has 0 spiro atoms. The summed E-state index contributed by atoms with van der Waals surface area (Å²) in [4.78, 5) is 4.43. The van der Waals surface area contributed by atoms with Crippen LogP contribution in [0.2, 0.25) is 0 Å². The highest BCUT2D eigenvalue weighted by atomic mass is 16.5. The molecule has 19 heavy (non-hydrogen) atoms. The van der Waals surface area contributed by atoms with Crippen LogP contribution >= 0.6 is 0 Å². The molecule has 0 fully saturated rings. The van der Waals surface area contributed by atoms with Gasteiger partial charge in [0.15, 0.2) is 0 Å². The second-order valence-electron chi connectivity index (χ2n) is 4.57. The van der Waals surface area contributed by atoms with Gasteiger partial charge in [-0.25, -0.2) is 0 Å². The number of nitrogens with two attached hydrogens (primary N) is 1. The molecular formula is C13H25N3O3. The minimum absolute atomic E-state index is 0.136. The van der Waals surface area contributed by atoms with Gasteiger partial charge >= 0.3 is 0 Å². The SMILES string of the molecule is CCOC(CC)(CC)c1noc(CC(N)COC)n1. The molecule has 2 N–H and O–H groups in total. The largest absolute Gasteiger partial charge is 0.383 e. The van der Waals surface area contributed by atoms with Crippen LogP contribution in [0.15, 0.2) is 4.52 Å². The monoisotopic (exact) mass is 271 g/mol. The van der Waals surface area contributed by atoms with E-state index in [2.05, 4.69) is 24.0 Å². The predicted octanol–water partition coefficient (Wildman–Crippen LogP) is 1.64. The number of nitrogens with zero attached hydrogens (tertiary/aromatic N) is 2. The summed E-state index contributed by atoms with van der Waals surface area (Å²) in [6.45, 7) is 7.18. The summed E-state index contributed by atoms with van der Waals surface area (Å²) in [5, 5.41) is 4.05. The normalized spacial score (nSPS) is 13.7. The first-order chi connectivity index (χ1) is 9.11. The van der Waals surface area contributed by atoms with E-state index in [-0.39, 0.29) is 6.04 Å². The van der Waals surface area contributed by atoms with Gasteiger partial charge in [0.25, 0.3) is 0 Å². The molecule has 0 aromatic carbocycles. The summed E-state index contributed by atoms with van der Waals surface area (Å²) in [5.74, 6) is 1.14. The van der Waals surface area contributed by atoms with E-state index in [1.54, 1.807) is 7.11 Å². The van der Waals surface area contributed by atoms with E-state index in [4.69, 9.17) is 19.7 Å². The Morgan fingerprint density at radius 3 is 2.53 bits per heavy atom. The Balaban J connectivity index is 2.81. The third kappa shape index (κ3) is 3.99. The molecule has 0 aliphatic rings. The molecule has 0 aliphatic carbocycles. The second kappa shape index (κ2) is 7.57. The Labute approximate surface area is 114 Å². The van der Waals surface area contributed by atoms with E-state index >= 15 is 0 Å². The number of rotatable bonds is 9. The Kier molecular flexibility index (Phi) is 6.41. The minimum atomic E-state index is -0.456. The number of hydrogen-bond donors (Lipinski definition) is 1. The lowest BCUT2D eigenvalue weighted by atomic mass is 9.96. The van der Waals surface area contributed by atoms with E-state index in [1.807, 2.05) is 6.92 Å². The van der Waals surface area contributed by atoms with Crippen LogP contribution in [0.5, 0.6) is 0 Å². The first kappa shape index (κ1) is 16.1. The van der Waals surface area contributed by atoms with Crippen molar-refractivity contribution in [1.29, 1.82) is 0 Å². The quantitative estimate of drug-likeness (QED) is 0.735. The molecule has 6 heteroatoms. The van der Waals surface area contributed by atoms with Crippen molar-refractivity contribution in [3.63, 3.8) is 0 Å². The first-order valence-corrected chi connectivity index (χ1v) is 6.83. The van der Waals surface area contributed by atoms with Crippen molar-refractivity contribution in [2.24, 2.45) is 5.73 Å². The maximum Gasteiger partial charge on any atom is 0.228 e. The Morgan fingerprint density at radius 1 is 1.32 bits per heavy atom. The molecule has 0 aliphatic heterocycles. The third-order valence-corrected chi connectivity index (χ3v) is 3.26. The molecule has 0 saturated heterocycles. The van der Waals surface area contributed by atoms with Crippen molar-refractivity contribution >= 4 is 0 Å². The average molecular weight is 271 g/mol. The van der Waals surface area contributed by atoms with Gasteiger partial charge in [0.1, 0.15) is 5.60 Å². The van der Waals surface area contributed by atoms with Gasteiger partial charge < -0.3 is 19.7 Å². The highest BCUT2D eigenvalue weighted by Gasteiger charge is 2.34. The summed E-state index contributed by atoms with van der Waals surface area (Å²) in [6, 6.07) is -0.136. The lowest BCUT2D eigenvalue weighted by Crippen LogP contribution is -2.30. The van der Waals surface area contributed by atoms with Gasteiger partial charge in [-0.05, 0) is 19.8 Å². The highest BCUT2D eigenvalue weighted by molar-refractivity contribution is 5.01. The van der Waals surface area contributed by atoms with E-state index < -0.39 is 5.60 Å². The molecule has 0 saturated carbocycles. The number of hydrogen-bond acceptors (Lipinski definition) is 6. The smallest absolute Gasteiger partial charge is 0.228 e. The molecule has 1 heterocycles. The molecule has 110 valence electrons. The van der Waals surface area contributed by atoms with Gasteiger partial charge in [0.05, 0.1) is 6.61 Å². The van der Waals surface area contributed by atoms with Crippen LogP contribution < -0.4 is 5.73 Å². The standard InChI is InChI=1S/C13H25N3O3/c1-5-13(6-2,18-7-3)12-15-11(19-16-12)8-10(14)9-17-4/h10H,5-9,14H2,1-4H3. The third-order valence-electron chi connectivity index (χ3n) is 3.26. The van der Waals surface area contributed by atoms with Gasteiger partial charge in [-0.1, -0.05) is 19.0 Å². The van der Waals surface area contributed by atoms with Crippen LogP contribution in [0.25, 0.3) is 0 Å². The van der Waals surface area contributed by atoms with Crippen LogP contribution in [0, 0.1) is 0 Å².